The highest BCUT2D eigenvalue weighted by Crippen LogP contribution is 2.27. The average molecular weight is 231 g/mol. The number of aromatic nitrogens is 1. The maximum absolute atomic E-state index is 13.1. The Hall–Kier alpha value is -1.72. The zero-order valence-electron chi connectivity index (χ0n) is 8.78. The molecule has 0 radical (unpaired) electrons. The lowest BCUT2D eigenvalue weighted by Gasteiger charge is -2.13. The first-order valence-corrected chi connectivity index (χ1v) is 4.59. The SMILES string of the molecule is CC(C)Oc1cccc(C(F)(F)C(=O)O)n1. The van der Waals surface area contributed by atoms with E-state index in [1.165, 1.54) is 12.1 Å². The molecule has 0 spiro atoms. The number of carboxylic acids is 1. The summed E-state index contributed by atoms with van der Waals surface area (Å²) < 4.78 is 31.2. The van der Waals surface area contributed by atoms with E-state index in [4.69, 9.17) is 9.84 Å². The van der Waals surface area contributed by atoms with Crippen LogP contribution in [-0.4, -0.2) is 22.2 Å². The zero-order valence-corrected chi connectivity index (χ0v) is 8.78. The van der Waals surface area contributed by atoms with Crippen molar-refractivity contribution in [3.8, 4) is 5.88 Å². The second-order valence-corrected chi connectivity index (χ2v) is 3.41. The molecule has 1 rings (SSSR count). The third-order valence-electron chi connectivity index (χ3n) is 1.67. The van der Waals surface area contributed by atoms with E-state index >= 15 is 0 Å². The summed E-state index contributed by atoms with van der Waals surface area (Å²) in [4.78, 5) is 13.8. The number of hydrogen-bond donors (Lipinski definition) is 1. The lowest BCUT2D eigenvalue weighted by Crippen LogP contribution is -2.26. The molecule has 0 aliphatic rings. The topological polar surface area (TPSA) is 59.4 Å². The fourth-order valence-corrected chi connectivity index (χ4v) is 1.01. The molecule has 1 aromatic heterocycles. The quantitative estimate of drug-likeness (QED) is 0.861. The van der Waals surface area contributed by atoms with Crippen LogP contribution in [0.25, 0.3) is 0 Å². The summed E-state index contributed by atoms with van der Waals surface area (Å²) in [6.07, 6.45) is -0.221. The van der Waals surface area contributed by atoms with Gasteiger partial charge in [-0.15, -0.1) is 0 Å². The van der Waals surface area contributed by atoms with Gasteiger partial charge in [-0.2, -0.15) is 8.78 Å². The molecule has 4 nitrogen and oxygen atoms in total. The Morgan fingerprint density at radius 3 is 2.62 bits per heavy atom. The number of hydrogen-bond acceptors (Lipinski definition) is 3. The summed E-state index contributed by atoms with van der Waals surface area (Å²) in [6.45, 7) is 3.42. The summed E-state index contributed by atoms with van der Waals surface area (Å²) in [6, 6.07) is 3.61. The van der Waals surface area contributed by atoms with E-state index in [-0.39, 0.29) is 12.0 Å². The van der Waals surface area contributed by atoms with Crippen LogP contribution in [0.1, 0.15) is 19.5 Å². The molecule has 0 atom stereocenters. The molecule has 0 amide bonds. The monoisotopic (exact) mass is 231 g/mol. The normalized spacial score (nSPS) is 11.6. The smallest absolute Gasteiger partial charge is 0.384 e. The van der Waals surface area contributed by atoms with Crippen molar-refractivity contribution < 1.29 is 23.4 Å². The molecule has 88 valence electrons. The van der Waals surface area contributed by atoms with Crippen molar-refractivity contribution in [1.29, 1.82) is 0 Å². The number of aliphatic carboxylic acids is 1. The molecule has 0 fully saturated rings. The highest BCUT2D eigenvalue weighted by atomic mass is 19.3. The third-order valence-corrected chi connectivity index (χ3v) is 1.67. The molecule has 0 aliphatic heterocycles. The van der Waals surface area contributed by atoms with E-state index in [0.717, 1.165) is 6.07 Å². The van der Waals surface area contributed by atoms with Crippen molar-refractivity contribution >= 4 is 5.97 Å². The Morgan fingerprint density at radius 2 is 2.12 bits per heavy atom. The van der Waals surface area contributed by atoms with Gasteiger partial charge < -0.3 is 9.84 Å². The summed E-state index contributed by atoms with van der Waals surface area (Å²) in [5.41, 5.74) is -0.835. The van der Waals surface area contributed by atoms with Gasteiger partial charge in [0.2, 0.25) is 5.88 Å². The highest BCUT2D eigenvalue weighted by Gasteiger charge is 2.42. The lowest BCUT2D eigenvalue weighted by molar-refractivity contribution is -0.167. The molecular weight excluding hydrogens is 220 g/mol. The molecule has 0 saturated carbocycles. The zero-order chi connectivity index (χ0) is 12.3. The molecule has 0 saturated heterocycles. The number of carbonyl (C=O) groups is 1. The van der Waals surface area contributed by atoms with E-state index < -0.39 is 17.6 Å². The largest absolute Gasteiger partial charge is 0.476 e. The van der Waals surface area contributed by atoms with Crippen LogP contribution in [0.3, 0.4) is 0 Å². The van der Waals surface area contributed by atoms with Gasteiger partial charge in [0.25, 0.3) is 0 Å². The molecule has 1 aromatic rings. The molecule has 0 bridgehead atoms. The maximum Gasteiger partial charge on any atom is 0.384 e. The van der Waals surface area contributed by atoms with Gasteiger partial charge in [0.15, 0.2) is 0 Å². The Labute approximate surface area is 90.9 Å². The Balaban J connectivity index is 3.03. The number of alkyl halides is 2. The summed E-state index contributed by atoms with van der Waals surface area (Å²) in [7, 11) is 0. The van der Waals surface area contributed by atoms with Crippen LogP contribution in [0.2, 0.25) is 0 Å². The number of pyridine rings is 1. The second-order valence-electron chi connectivity index (χ2n) is 3.41. The summed E-state index contributed by atoms with van der Waals surface area (Å²) in [5, 5.41) is 8.34. The van der Waals surface area contributed by atoms with Crippen LogP contribution >= 0.6 is 0 Å². The summed E-state index contributed by atoms with van der Waals surface area (Å²) in [5.74, 6) is -6.26. The minimum absolute atomic E-state index is 0.0200. The first-order valence-electron chi connectivity index (χ1n) is 4.59. The minimum atomic E-state index is -4.00. The Bertz CT molecular complexity index is 393. The number of carboxylic acid groups (broad SMARTS) is 1. The van der Waals surface area contributed by atoms with Gasteiger partial charge in [0.05, 0.1) is 6.10 Å². The maximum atomic E-state index is 13.1. The lowest BCUT2D eigenvalue weighted by atomic mass is 10.2. The van der Waals surface area contributed by atoms with Gasteiger partial charge in [0.1, 0.15) is 5.69 Å². The van der Waals surface area contributed by atoms with E-state index in [1.54, 1.807) is 13.8 Å². The summed E-state index contributed by atoms with van der Waals surface area (Å²) >= 11 is 0. The van der Waals surface area contributed by atoms with Gasteiger partial charge in [0, 0.05) is 6.07 Å². The molecule has 6 heteroatoms. The number of nitrogens with zero attached hydrogens (tertiary/aromatic N) is 1. The molecule has 0 aromatic carbocycles. The van der Waals surface area contributed by atoms with Gasteiger partial charge in [-0.25, -0.2) is 9.78 Å². The first kappa shape index (κ1) is 12.4. The molecular formula is C10H11F2NO3. The Morgan fingerprint density at radius 1 is 1.50 bits per heavy atom. The van der Waals surface area contributed by atoms with Crippen LogP contribution in [0.5, 0.6) is 5.88 Å². The third kappa shape index (κ3) is 2.65. The van der Waals surface area contributed by atoms with Gasteiger partial charge >= 0.3 is 11.9 Å². The van der Waals surface area contributed by atoms with Crippen LogP contribution in [-0.2, 0) is 10.7 Å². The van der Waals surface area contributed by atoms with Crippen LogP contribution in [0.4, 0.5) is 8.78 Å². The van der Waals surface area contributed by atoms with Crippen LogP contribution in [0.15, 0.2) is 18.2 Å². The van der Waals surface area contributed by atoms with E-state index in [1.807, 2.05) is 0 Å². The molecule has 1 N–H and O–H groups in total. The van der Waals surface area contributed by atoms with Gasteiger partial charge in [-0.05, 0) is 19.9 Å². The highest BCUT2D eigenvalue weighted by molar-refractivity contribution is 5.76. The van der Waals surface area contributed by atoms with Crippen LogP contribution < -0.4 is 4.74 Å². The minimum Gasteiger partial charge on any atom is -0.476 e. The fourth-order valence-electron chi connectivity index (χ4n) is 1.01. The van der Waals surface area contributed by atoms with Crippen molar-refractivity contribution in [1.82, 2.24) is 4.98 Å². The van der Waals surface area contributed by atoms with Crippen molar-refractivity contribution in [2.45, 2.75) is 25.9 Å². The predicted molar refractivity (Wildman–Crippen MR) is 51.5 cm³/mol. The number of rotatable bonds is 4. The molecule has 0 aliphatic carbocycles. The number of ether oxygens (including phenoxy) is 1. The van der Waals surface area contributed by atoms with Gasteiger partial charge in [-0.1, -0.05) is 6.07 Å². The first-order chi connectivity index (χ1) is 7.34. The molecule has 0 unspecified atom stereocenters. The predicted octanol–water partition coefficient (Wildman–Crippen LogP) is 2.05. The van der Waals surface area contributed by atoms with Crippen LogP contribution in [0, 0.1) is 0 Å². The standard InChI is InChI=1S/C10H11F2NO3/c1-6(2)16-8-5-3-4-7(13-8)10(11,12)9(14)15/h3-6H,1-2H3,(H,14,15). The van der Waals surface area contributed by atoms with Gasteiger partial charge in [-0.3, -0.25) is 0 Å². The molecule has 1 heterocycles. The van der Waals surface area contributed by atoms with Crippen molar-refractivity contribution in [2.24, 2.45) is 0 Å². The number of halogens is 2. The van der Waals surface area contributed by atoms with Crippen molar-refractivity contribution in [3.63, 3.8) is 0 Å². The van der Waals surface area contributed by atoms with E-state index in [9.17, 15) is 13.6 Å². The second kappa shape index (κ2) is 4.42. The average Bonchev–Trinajstić information content (AvgIpc) is 2.16. The van der Waals surface area contributed by atoms with E-state index in [2.05, 4.69) is 4.98 Å². The van der Waals surface area contributed by atoms with Crippen molar-refractivity contribution in [3.05, 3.63) is 23.9 Å². The van der Waals surface area contributed by atoms with E-state index in [0.29, 0.717) is 0 Å². The fraction of sp³-hybridized carbons (Fsp3) is 0.400. The molecule has 16 heavy (non-hydrogen) atoms. The van der Waals surface area contributed by atoms with Crippen molar-refractivity contribution in [2.75, 3.05) is 0 Å². The Kier molecular flexibility index (Phi) is 3.41.